The third-order valence-electron chi connectivity index (χ3n) is 6.07. The molecule has 170 valence electrons. The minimum atomic E-state index is -0.472. The van der Waals surface area contributed by atoms with Crippen molar-refractivity contribution in [3.8, 4) is 11.1 Å². The molecule has 0 amide bonds. The normalized spacial score (nSPS) is 14.1. The van der Waals surface area contributed by atoms with Crippen molar-refractivity contribution in [2.45, 2.75) is 64.7 Å². The summed E-state index contributed by atoms with van der Waals surface area (Å²) < 4.78 is 0. The molecule has 6 nitrogen and oxygen atoms in total. The van der Waals surface area contributed by atoms with Gasteiger partial charge in [-0.1, -0.05) is 44.0 Å². The van der Waals surface area contributed by atoms with Gasteiger partial charge in [0.15, 0.2) is 0 Å². The number of fused-ring (bicyclic) bond motifs is 3. The first-order valence-corrected chi connectivity index (χ1v) is 11.7. The lowest BCUT2D eigenvalue weighted by Gasteiger charge is -2.32. The van der Waals surface area contributed by atoms with E-state index in [9.17, 15) is 14.9 Å². The molecule has 0 N–H and O–H groups in total. The Morgan fingerprint density at radius 3 is 2.28 bits per heavy atom. The van der Waals surface area contributed by atoms with Crippen LogP contribution in [0, 0.1) is 10.1 Å². The summed E-state index contributed by atoms with van der Waals surface area (Å²) in [6, 6.07) is 11.4. The summed E-state index contributed by atoms with van der Waals surface area (Å²) in [5, 5.41) is 15.6. The number of non-ortho nitro benzene ring substituents is 1. The van der Waals surface area contributed by atoms with E-state index in [-0.39, 0.29) is 16.0 Å². The van der Waals surface area contributed by atoms with Crippen molar-refractivity contribution in [2.24, 2.45) is 5.16 Å². The van der Waals surface area contributed by atoms with E-state index in [1.807, 2.05) is 12.1 Å². The number of hydrogen-bond acceptors (Lipinski definition) is 5. The van der Waals surface area contributed by atoms with Crippen LogP contribution in [0.25, 0.3) is 11.1 Å². The maximum atomic E-state index is 11.5. The zero-order valence-electron chi connectivity index (χ0n) is 18.8. The lowest BCUT2D eigenvalue weighted by atomic mass is 9.71. The van der Waals surface area contributed by atoms with E-state index in [0.29, 0.717) is 24.4 Å². The summed E-state index contributed by atoms with van der Waals surface area (Å²) in [4.78, 5) is 27.5. The summed E-state index contributed by atoms with van der Waals surface area (Å²) in [7, 11) is 0. The highest BCUT2D eigenvalue weighted by atomic mass is 35.5. The highest BCUT2D eigenvalue weighted by molar-refractivity contribution is 6.18. The van der Waals surface area contributed by atoms with E-state index in [0.717, 1.165) is 53.5 Å². The molecule has 0 aromatic heterocycles. The van der Waals surface area contributed by atoms with E-state index in [4.69, 9.17) is 16.4 Å². The van der Waals surface area contributed by atoms with Gasteiger partial charge in [0.05, 0.1) is 10.6 Å². The molecule has 1 aliphatic carbocycles. The van der Waals surface area contributed by atoms with Crippen LogP contribution in [0.4, 0.5) is 5.69 Å². The number of hydrogen-bond donors (Lipinski definition) is 0. The second-order valence-corrected chi connectivity index (χ2v) is 8.62. The van der Waals surface area contributed by atoms with Gasteiger partial charge in [0.25, 0.3) is 5.69 Å². The Bertz CT molecular complexity index is 1040. The average molecular weight is 457 g/mol. The van der Waals surface area contributed by atoms with Crippen LogP contribution in [-0.4, -0.2) is 22.5 Å². The number of carbonyl (C=O) groups excluding carboxylic acids is 1. The first-order chi connectivity index (χ1) is 15.4. The smallest absolute Gasteiger partial charge is 0.318 e. The van der Waals surface area contributed by atoms with Crippen LogP contribution in [0.1, 0.15) is 76.0 Å². The van der Waals surface area contributed by atoms with E-state index in [2.05, 4.69) is 31.1 Å². The first kappa shape index (κ1) is 23.9. The van der Waals surface area contributed by atoms with Gasteiger partial charge in [-0.2, -0.15) is 0 Å². The van der Waals surface area contributed by atoms with Crippen LogP contribution in [0.15, 0.2) is 41.6 Å². The quantitative estimate of drug-likeness (QED) is 0.130. The number of carbonyl (C=O) groups is 1. The summed E-state index contributed by atoms with van der Waals surface area (Å²) in [5.74, 6) is 0.00920. The maximum Gasteiger partial charge on any atom is 0.331 e. The predicted octanol–water partition coefficient (Wildman–Crippen LogP) is 6.75. The molecule has 0 bridgehead atoms. The Balaban J connectivity index is 2.20. The molecule has 2 aromatic rings. The highest BCUT2D eigenvalue weighted by Gasteiger charge is 2.42. The minimum absolute atomic E-state index is 0.118. The van der Waals surface area contributed by atoms with Crippen molar-refractivity contribution < 1.29 is 14.6 Å². The van der Waals surface area contributed by atoms with Gasteiger partial charge in [0.1, 0.15) is 0 Å². The van der Waals surface area contributed by atoms with Crippen LogP contribution in [0.3, 0.4) is 0 Å². The van der Waals surface area contributed by atoms with Crippen LogP contribution >= 0.6 is 11.6 Å². The van der Waals surface area contributed by atoms with Crippen LogP contribution in [0.5, 0.6) is 0 Å². The third-order valence-corrected chi connectivity index (χ3v) is 6.34. The molecule has 0 unspecified atom stereocenters. The summed E-state index contributed by atoms with van der Waals surface area (Å²) in [6.45, 7) is 5.61. The lowest BCUT2D eigenvalue weighted by molar-refractivity contribution is -0.384. The van der Waals surface area contributed by atoms with Crippen molar-refractivity contribution in [1.82, 2.24) is 0 Å². The standard InChI is InChI=1S/C25H29ClN2O4/c1-4-12-25(13-5-2)22-15-18(24(7-6-14-26)27-32-17(3)29)8-10-20(22)21-11-9-19(28(30)31)16-23(21)25/h8-11,15-16H,4-7,12-14H2,1-3H3. The molecule has 3 rings (SSSR count). The van der Waals surface area contributed by atoms with Crippen LogP contribution in [0.2, 0.25) is 0 Å². The topological polar surface area (TPSA) is 81.8 Å². The number of benzene rings is 2. The van der Waals surface area contributed by atoms with Crippen molar-refractivity contribution in [3.63, 3.8) is 0 Å². The zero-order chi connectivity index (χ0) is 23.3. The van der Waals surface area contributed by atoms with Gasteiger partial charge in [-0.3, -0.25) is 10.1 Å². The van der Waals surface area contributed by atoms with Crippen molar-refractivity contribution in [1.29, 1.82) is 0 Å². The van der Waals surface area contributed by atoms with Crippen molar-refractivity contribution in [3.05, 3.63) is 63.2 Å². The Labute approximate surface area is 193 Å². The number of nitro benzene ring substituents is 1. The molecule has 0 heterocycles. The molecule has 0 spiro atoms. The molecular formula is C25H29ClN2O4. The molecular weight excluding hydrogens is 428 g/mol. The van der Waals surface area contributed by atoms with Gasteiger partial charge in [0.2, 0.25) is 0 Å². The predicted molar refractivity (Wildman–Crippen MR) is 127 cm³/mol. The fourth-order valence-electron chi connectivity index (χ4n) is 4.89. The van der Waals surface area contributed by atoms with E-state index < -0.39 is 5.97 Å². The van der Waals surface area contributed by atoms with Crippen molar-refractivity contribution in [2.75, 3.05) is 5.88 Å². The van der Waals surface area contributed by atoms with Gasteiger partial charge >= 0.3 is 5.97 Å². The highest BCUT2D eigenvalue weighted by Crippen LogP contribution is 2.54. The average Bonchev–Trinajstić information content (AvgIpc) is 3.03. The SMILES string of the molecule is CCCC1(CCC)c2cc(C(CCCCl)=NOC(C)=O)ccc2-c2ccc([N+](=O)[O-])cc21. The third kappa shape index (κ3) is 4.56. The maximum absolute atomic E-state index is 11.5. The number of halogens is 1. The Morgan fingerprint density at radius 1 is 1.09 bits per heavy atom. The molecule has 32 heavy (non-hydrogen) atoms. The number of oxime groups is 1. The molecule has 2 aromatic carbocycles. The molecule has 1 aliphatic rings. The van der Waals surface area contributed by atoms with Gasteiger partial charge in [-0.05, 0) is 65.6 Å². The monoisotopic (exact) mass is 456 g/mol. The largest absolute Gasteiger partial charge is 0.331 e. The fourth-order valence-corrected chi connectivity index (χ4v) is 5.02. The second kappa shape index (κ2) is 10.3. The van der Waals surface area contributed by atoms with Crippen LogP contribution < -0.4 is 0 Å². The van der Waals surface area contributed by atoms with E-state index in [1.165, 1.54) is 6.92 Å². The van der Waals surface area contributed by atoms with E-state index >= 15 is 0 Å². The molecule has 0 saturated heterocycles. The number of nitrogens with zero attached hydrogens (tertiary/aromatic N) is 2. The molecule has 0 saturated carbocycles. The van der Waals surface area contributed by atoms with Gasteiger partial charge in [-0.25, -0.2) is 4.79 Å². The molecule has 0 fully saturated rings. The van der Waals surface area contributed by atoms with E-state index in [1.54, 1.807) is 12.1 Å². The minimum Gasteiger partial charge on any atom is -0.318 e. The molecule has 0 radical (unpaired) electrons. The number of alkyl halides is 1. The second-order valence-electron chi connectivity index (χ2n) is 8.24. The van der Waals surface area contributed by atoms with Crippen LogP contribution in [-0.2, 0) is 15.0 Å². The molecule has 0 aliphatic heterocycles. The Morgan fingerprint density at radius 2 is 1.72 bits per heavy atom. The Kier molecular flexibility index (Phi) is 7.67. The molecule has 0 atom stereocenters. The zero-order valence-corrected chi connectivity index (χ0v) is 19.6. The van der Waals surface area contributed by atoms with Gasteiger partial charge in [-0.15, -0.1) is 11.6 Å². The Hall–Kier alpha value is -2.73. The molecule has 7 heteroatoms. The first-order valence-electron chi connectivity index (χ1n) is 11.1. The van der Waals surface area contributed by atoms with Crippen molar-refractivity contribution >= 4 is 29.0 Å². The summed E-state index contributed by atoms with van der Waals surface area (Å²) in [5.41, 5.74) is 5.73. The fraction of sp³-hybridized carbons (Fsp3) is 0.440. The number of nitro groups is 1. The summed E-state index contributed by atoms with van der Waals surface area (Å²) >= 11 is 5.90. The number of rotatable bonds is 10. The lowest BCUT2D eigenvalue weighted by Crippen LogP contribution is -2.25. The summed E-state index contributed by atoms with van der Waals surface area (Å²) in [6.07, 6.45) is 4.98. The van der Waals surface area contributed by atoms with Gasteiger partial charge in [0, 0.05) is 30.4 Å². The van der Waals surface area contributed by atoms with Gasteiger partial charge < -0.3 is 4.84 Å².